The van der Waals surface area contributed by atoms with Gasteiger partial charge in [-0.05, 0) is 49.4 Å². The van der Waals surface area contributed by atoms with Gasteiger partial charge in [-0.3, -0.25) is 4.79 Å². The van der Waals surface area contributed by atoms with E-state index in [0.717, 1.165) is 11.1 Å². The van der Waals surface area contributed by atoms with Crippen molar-refractivity contribution in [2.45, 2.75) is 19.9 Å². The second-order valence-electron chi connectivity index (χ2n) is 7.17. The van der Waals surface area contributed by atoms with E-state index in [1.807, 2.05) is 37.3 Å². The van der Waals surface area contributed by atoms with Crippen molar-refractivity contribution in [1.82, 2.24) is 15.0 Å². The Bertz CT molecular complexity index is 1130. The van der Waals surface area contributed by atoms with E-state index in [1.165, 1.54) is 0 Å². The number of hydrogen-bond donors (Lipinski definition) is 0. The Labute approximate surface area is 180 Å². The van der Waals surface area contributed by atoms with Gasteiger partial charge in [-0.1, -0.05) is 28.9 Å². The topological polar surface area (TPSA) is 81.6 Å². The molecule has 2 aromatic carbocycles. The largest absolute Gasteiger partial charge is 0.497 e. The van der Waals surface area contributed by atoms with E-state index in [-0.39, 0.29) is 5.91 Å². The van der Waals surface area contributed by atoms with Crippen molar-refractivity contribution in [3.05, 3.63) is 89.7 Å². The first kappa shape index (κ1) is 20.4. The van der Waals surface area contributed by atoms with Crippen LogP contribution in [0.25, 0.3) is 11.4 Å². The summed E-state index contributed by atoms with van der Waals surface area (Å²) in [4.78, 5) is 19.3. The number of aryl methyl sites for hydroxylation is 1. The number of aromatic nitrogens is 2. The Morgan fingerprint density at radius 3 is 2.65 bits per heavy atom. The van der Waals surface area contributed by atoms with Gasteiger partial charge in [-0.15, -0.1) is 0 Å². The Morgan fingerprint density at radius 1 is 1.10 bits per heavy atom. The fraction of sp³-hybridized carbons (Fsp3) is 0.208. The van der Waals surface area contributed by atoms with Crippen LogP contribution in [-0.2, 0) is 13.0 Å². The molecule has 7 heteroatoms. The maximum atomic E-state index is 13.1. The lowest BCUT2D eigenvalue weighted by Gasteiger charge is -2.21. The molecule has 0 aliphatic heterocycles. The summed E-state index contributed by atoms with van der Waals surface area (Å²) >= 11 is 0. The molecule has 0 saturated heterocycles. The number of nitrogens with zero attached hydrogens (tertiary/aromatic N) is 3. The third kappa shape index (κ3) is 5.01. The van der Waals surface area contributed by atoms with E-state index < -0.39 is 0 Å². The molecule has 0 N–H and O–H groups in total. The highest BCUT2D eigenvalue weighted by Crippen LogP contribution is 2.19. The van der Waals surface area contributed by atoms with E-state index in [1.54, 1.807) is 48.6 Å². The number of amides is 1. The fourth-order valence-corrected chi connectivity index (χ4v) is 3.25. The number of rotatable bonds is 8. The molecule has 4 rings (SSSR count). The van der Waals surface area contributed by atoms with Crippen LogP contribution >= 0.6 is 0 Å². The van der Waals surface area contributed by atoms with Crippen LogP contribution in [0.3, 0.4) is 0 Å². The molecular formula is C24H23N3O4. The molecule has 31 heavy (non-hydrogen) atoms. The molecular weight excluding hydrogens is 394 g/mol. The minimum Gasteiger partial charge on any atom is -0.497 e. The second-order valence-corrected chi connectivity index (χ2v) is 7.17. The summed E-state index contributed by atoms with van der Waals surface area (Å²) in [6, 6.07) is 18.6. The lowest BCUT2D eigenvalue weighted by Crippen LogP contribution is -2.32. The zero-order valence-electron chi connectivity index (χ0n) is 17.4. The number of hydrogen-bond acceptors (Lipinski definition) is 6. The minimum absolute atomic E-state index is 0.113. The minimum atomic E-state index is -0.113. The van der Waals surface area contributed by atoms with Crippen LogP contribution in [0.1, 0.15) is 27.6 Å². The molecule has 4 aromatic rings. The molecule has 0 aliphatic rings. The number of carbonyl (C=O) groups is 1. The first-order valence-corrected chi connectivity index (χ1v) is 9.98. The highest BCUT2D eigenvalue weighted by Gasteiger charge is 2.19. The molecule has 1 amide bonds. The number of ether oxygens (including phenoxy) is 1. The summed E-state index contributed by atoms with van der Waals surface area (Å²) in [5.74, 6) is 2.30. The van der Waals surface area contributed by atoms with Gasteiger partial charge in [0.15, 0.2) is 0 Å². The lowest BCUT2D eigenvalue weighted by atomic mass is 10.1. The number of carbonyl (C=O) groups excluding carboxylic acids is 1. The summed E-state index contributed by atoms with van der Waals surface area (Å²) in [6.07, 6.45) is 2.03. The highest BCUT2D eigenvalue weighted by atomic mass is 16.5. The predicted molar refractivity (Wildman–Crippen MR) is 115 cm³/mol. The molecule has 0 atom stereocenters. The summed E-state index contributed by atoms with van der Waals surface area (Å²) in [6.45, 7) is 2.76. The Kier molecular flexibility index (Phi) is 6.12. The van der Waals surface area contributed by atoms with Gasteiger partial charge in [0.2, 0.25) is 11.7 Å². The summed E-state index contributed by atoms with van der Waals surface area (Å²) < 4.78 is 16.0. The summed E-state index contributed by atoms with van der Waals surface area (Å²) in [7, 11) is 1.59. The second kappa shape index (κ2) is 9.30. The van der Waals surface area contributed by atoms with Crippen molar-refractivity contribution >= 4 is 5.91 Å². The predicted octanol–water partition coefficient (Wildman–Crippen LogP) is 4.53. The van der Waals surface area contributed by atoms with Gasteiger partial charge in [0.05, 0.1) is 19.9 Å². The Morgan fingerprint density at radius 2 is 1.94 bits per heavy atom. The lowest BCUT2D eigenvalue weighted by molar-refractivity contribution is 0.0730. The van der Waals surface area contributed by atoms with Gasteiger partial charge in [-0.25, -0.2) is 0 Å². The molecule has 0 fully saturated rings. The van der Waals surface area contributed by atoms with Crippen molar-refractivity contribution in [2.24, 2.45) is 0 Å². The van der Waals surface area contributed by atoms with Crippen molar-refractivity contribution in [2.75, 3.05) is 13.7 Å². The average molecular weight is 417 g/mol. The molecule has 7 nitrogen and oxygen atoms in total. The number of benzene rings is 2. The van der Waals surface area contributed by atoms with Crippen molar-refractivity contribution in [3.63, 3.8) is 0 Å². The highest BCUT2D eigenvalue weighted by molar-refractivity contribution is 5.94. The van der Waals surface area contributed by atoms with Gasteiger partial charge in [-0.2, -0.15) is 4.98 Å². The van der Waals surface area contributed by atoms with Crippen LogP contribution in [-0.4, -0.2) is 34.6 Å². The number of methoxy groups -OCH3 is 1. The fourth-order valence-electron chi connectivity index (χ4n) is 3.25. The molecule has 0 aliphatic carbocycles. The molecule has 2 heterocycles. The summed E-state index contributed by atoms with van der Waals surface area (Å²) in [5.41, 5.74) is 2.59. The van der Waals surface area contributed by atoms with Crippen molar-refractivity contribution < 1.29 is 18.5 Å². The van der Waals surface area contributed by atoms with E-state index in [9.17, 15) is 4.79 Å². The average Bonchev–Trinajstić information content (AvgIpc) is 3.48. The quantitative estimate of drug-likeness (QED) is 0.419. The van der Waals surface area contributed by atoms with Crippen LogP contribution in [0, 0.1) is 6.92 Å². The van der Waals surface area contributed by atoms with Crippen LogP contribution in [0.4, 0.5) is 0 Å². The van der Waals surface area contributed by atoms with Gasteiger partial charge in [0.1, 0.15) is 11.5 Å². The molecule has 0 spiro atoms. The third-order valence-electron chi connectivity index (χ3n) is 4.89. The SMILES string of the molecule is COc1ccc(C(=O)N(CCc2nc(-c3cccc(C)c3)no2)Cc2ccco2)cc1. The van der Waals surface area contributed by atoms with Gasteiger partial charge >= 0.3 is 0 Å². The van der Waals surface area contributed by atoms with Crippen molar-refractivity contribution in [3.8, 4) is 17.1 Å². The molecule has 0 radical (unpaired) electrons. The van der Waals surface area contributed by atoms with E-state index >= 15 is 0 Å². The molecule has 0 saturated carbocycles. The summed E-state index contributed by atoms with van der Waals surface area (Å²) in [5, 5.41) is 4.08. The zero-order chi connectivity index (χ0) is 21.6. The van der Waals surface area contributed by atoms with E-state index in [0.29, 0.717) is 48.3 Å². The van der Waals surface area contributed by atoms with Crippen molar-refractivity contribution in [1.29, 1.82) is 0 Å². The van der Waals surface area contributed by atoms with E-state index in [2.05, 4.69) is 10.1 Å². The van der Waals surface area contributed by atoms with Crippen LogP contribution in [0.5, 0.6) is 5.75 Å². The molecule has 2 aromatic heterocycles. The van der Waals surface area contributed by atoms with E-state index in [4.69, 9.17) is 13.7 Å². The van der Waals surface area contributed by atoms with Crippen LogP contribution in [0.15, 0.2) is 75.9 Å². The maximum absolute atomic E-state index is 13.1. The molecule has 0 bridgehead atoms. The van der Waals surface area contributed by atoms with Gasteiger partial charge in [0, 0.05) is 24.1 Å². The molecule has 158 valence electrons. The van der Waals surface area contributed by atoms with Gasteiger partial charge < -0.3 is 18.6 Å². The third-order valence-corrected chi connectivity index (χ3v) is 4.89. The Hall–Kier alpha value is -3.87. The van der Waals surface area contributed by atoms with Gasteiger partial charge in [0.25, 0.3) is 5.91 Å². The monoisotopic (exact) mass is 417 g/mol. The van der Waals surface area contributed by atoms with Crippen LogP contribution < -0.4 is 4.74 Å². The maximum Gasteiger partial charge on any atom is 0.254 e. The normalized spacial score (nSPS) is 10.8. The molecule has 0 unspecified atom stereocenters. The zero-order valence-corrected chi connectivity index (χ0v) is 17.4. The Balaban J connectivity index is 1.49. The van der Waals surface area contributed by atoms with Crippen LogP contribution in [0.2, 0.25) is 0 Å². The smallest absolute Gasteiger partial charge is 0.254 e. The standard InChI is InChI=1S/C24H23N3O4/c1-17-5-3-6-19(15-17)23-25-22(31-26-23)12-13-27(16-21-7-4-14-30-21)24(28)18-8-10-20(29-2)11-9-18/h3-11,14-15H,12-13,16H2,1-2H3. The number of furan rings is 1. The first-order valence-electron chi connectivity index (χ1n) is 9.98. The first-order chi connectivity index (χ1) is 15.1.